The molecular weight excluding hydrogens is 378 g/mol. The monoisotopic (exact) mass is 389 g/mol. The van der Waals surface area contributed by atoms with Crippen LogP contribution in [0.15, 0.2) is 63.4 Å². The van der Waals surface area contributed by atoms with Gasteiger partial charge in [-0.1, -0.05) is 22.0 Å². The molecule has 0 saturated heterocycles. The van der Waals surface area contributed by atoms with Gasteiger partial charge in [-0.05, 0) is 35.7 Å². The zero-order valence-corrected chi connectivity index (χ0v) is 14.3. The van der Waals surface area contributed by atoms with E-state index in [9.17, 15) is 9.59 Å². The van der Waals surface area contributed by atoms with E-state index in [-0.39, 0.29) is 18.0 Å². The Bertz CT molecular complexity index is 873. The molecule has 1 N–H and O–H groups in total. The molecule has 0 saturated carbocycles. The summed E-state index contributed by atoms with van der Waals surface area (Å²) in [5.74, 6) is -0.278. The van der Waals surface area contributed by atoms with E-state index < -0.39 is 0 Å². The van der Waals surface area contributed by atoms with Crippen molar-refractivity contribution in [3.05, 3.63) is 69.0 Å². The van der Waals surface area contributed by atoms with Crippen LogP contribution in [0.3, 0.4) is 0 Å². The molecule has 3 rings (SSSR count). The third-order valence-electron chi connectivity index (χ3n) is 3.10. The maximum Gasteiger partial charge on any atom is 0.254 e. The molecule has 2 heterocycles. The average Bonchev–Trinajstić information content (AvgIpc) is 3.06. The molecule has 1 aromatic carbocycles. The summed E-state index contributed by atoms with van der Waals surface area (Å²) in [6.45, 7) is -0.0768. The molecule has 0 spiro atoms. The lowest BCUT2D eigenvalue weighted by Crippen LogP contribution is -2.27. The van der Waals surface area contributed by atoms with Gasteiger partial charge in [-0.3, -0.25) is 14.2 Å². The van der Waals surface area contributed by atoms with Gasteiger partial charge in [-0.2, -0.15) is 0 Å². The fourth-order valence-corrected chi connectivity index (χ4v) is 2.95. The number of amides is 1. The highest BCUT2D eigenvalue weighted by Gasteiger charge is 2.08. The van der Waals surface area contributed by atoms with Gasteiger partial charge in [-0.25, -0.2) is 4.98 Å². The number of aromatic nitrogens is 2. The van der Waals surface area contributed by atoms with Crippen molar-refractivity contribution >= 4 is 38.9 Å². The van der Waals surface area contributed by atoms with Crippen molar-refractivity contribution in [2.75, 3.05) is 5.32 Å². The minimum absolute atomic E-state index is 0.0768. The zero-order chi connectivity index (χ0) is 16.2. The van der Waals surface area contributed by atoms with Crippen LogP contribution in [0.2, 0.25) is 0 Å². The second-order valence-corrected chi connectivity index (χ2v) is 6.64. The Labute approximate surface area is 144 Å². The van der Waals surface area contributed by atoms with E-state index in [0.29, 0.717) is 11.4 Å². The molecule has 23 heavy (non-hydrogen) atoms. The molecule has 0 aliphatic heterocycles. The van der Waals surface area contributed by atoms with E-state index in [1.54, 1.807) is 12.1 Å². The van der Waals surface area contributed by atoms with Crippen molar-refractivity contribution in [1.29, 1.82) is 0 Å². The second kappa shape index (κ2) is 6.89. The summed E-state index contributed by atoms with van der Waals surface area (Å²) in [6.07, 6.45) is 1.40. The van der Waals surface area contributed by atoms with Crippen molar-refractivity contribution in [3.8, 4) is 10.6 Å². The minimum atomic E-state index is -0.278. The summed E-state index contributed by atoms with van der Waals surface area (Å²) in [5.41, 5.74) is 1.04. The van der Waals surface area contributed by atoms with Crippen molar-refractivity contribution < 1.29 is 4.79 Å². The van der Waals surface area contributed by atoms with Gasteiger partial charge in [0, 0.05) is 16.2 Å². The predicted molar refractivity (Wildman–Crippen MR) is 94.6 cm³/mol. The standard InChI is InChI=1S/C16H12BrN3O2S/c17-11-3-5-12(6-4-11)19-15(21)9-20-10-18-13(8-16(20)22)14-2-1-7-23-14/h1-8,10H,9H2,(H,19,21). The van der Waals surface area contributed by atoms with Crippen LogP contribution < -0.4 is 10.9 Å². The second-order valence-electron chi connectivity index (χ2n) is 4.77. The molecule has 116 valence electrons. The number of nitrogens with one attached hydrogen (secondary N) is 1. The van der Waals surface area contributed by atoms with Gasteiger partial charge in [0.05, 0.1) is 16.9 Å². The van der Waals surface area contributed by atoms with Crippen LogP contribution in [0.25, 0.3) is 10.6 Å². The largest absolute Gasteiger partial charge is 0.325 e. The lowest BCUT2D eigenvalue weighted by Gasteiger charge is -2.07. The Morgan fingerprint density at radius 1 is 1.26 bits per heavy atom. The third-order valence-corrected chi connectivity index (χ3v) is 4.52. The number of thiophene rings is 1. The van der Waals surface area contributed by atoms with E-state index in [4.69, 9.17) is 0 Å². The van der Waals surface area contributed by atoms with Crippen molar-refractivity contribution in [3.63, 3.8) is 0 Å². The van der Waals surface area contributed by atoms with Crippen molar-refractivity contribution in [2.45, 2.75) is 6.54 Å². The number of carbonyl (C=O) groups is 1. The first-order chi connectivity index (χ1) is 11.1. The zero-order valence-electron chi connectivity index (χ0n) is 11.9. The molecule has 0 aliphatic rings. The summed E-state index contributed by atoms with van der Waals surface area (Å²) in [6, 6.07) is 12.5. The Hall–Kier alpha value is -2.25. The van der Waals surface area contributed by atoms with Gasteiger partial charge < -0.3 is 5.32 Å². The predicted octanol–water partition coefficient (Wildman–Crippen LogP) is 3.37. The quantitative estimate of drug-likeness (QED) is 0.743. The number of hydrogen-bond acceptors (Lipinski definition) is 4. The molecule has 1 amide bonds. The number of hydrogen-bond donors (Lipinski definition) is 1. The van der Waals surface area contributed by atoms with Gasteiger partial charge in [0.1, 0.15) is 6.54 Å². The first-order valence-electron chi connectivity index (χ1n) is 6.77. The molecule has 5 nitrogen and oxygen atoms in total. The summed E-state index contributed by atoms with van der Waals surface area (Å²) < 4.78 is 2.21. The number of rotatable bonds is 4. The molecule has 0 atom stereocenters. The molecule has 0 unspecified atom stereocenters. The molecule has 0 aliphatic carbocycles. The van der Waals surface area contributed by atoms with Crippen LogP contribution in [0.1, 0.15) is 0 Å². The fraction of sp³-hybridized carbons (Fsp3) is 0.0625. The van der Waals surface area contributed by atoms with Gasteiger partial charge >= 0.3 is 0 Å². The van der Waals surface area contributed by atoms with E-state index >= 15 is 0 Å². The molecule has 7 heteroatoms. The number of benzene rings is 1. The average molecular weight is 390 g/mol. The number of anilines is 1. The Morgan fingerprint density at radius 2 is 2.04 bits per heavy atom. The summed E-state index contributed by atoms with van der Waals surface area (Å²) in [7, 11) is 0. The van der Waals surface area contributed by atoms with Crippen LogP contribution in [0.4, 0.5) is 5.69 Å². The van der Waals surface area contributed by atoms with E-state index in [0.717, 1.165) is 9.35 Å². The molecule has 0 fully saturated rings. The highest BCUT2D eigenvalue weighted by Crippen LogP contribution is 2.20. The number of halogens is 1. The van der Waals surface area contributed by atoms with E-state index in [2.05, 4.69) is 26.2 Å². The van der Waals surface area contributed by atoms with Crippen LogP contribution >= 0.6 is 27.3 Å². The highest BCUT2D eigenvalue weighted by molar-refractivity contribution is 9.10. The van der Waals surface area contributed by atoms with Crippen molar-refractivity contribution in [2.24, 2.45) is 0 Å². The van der Waals surface area contributed by atoms with Gasteiger partial charge in [0.15, 0.2) is 0 Å². The van der Waals surface area contributed by atoms with Gasteiger partial charge in [0.2, 0.25) is 5.91 Å². The fourth-order valence-electron chi connectivity index (χ4n) is 1.99. The lowest BCUT2D eigenvalue weighted by atomic mass is 10.3. The molecule has 0 bridgehead atoms. The first kappa shape index (κ1) is 15.6. The van der Waals surface area contributed by atoms with Gasteiger partial charge in [0.25, 0.3) is 5.56 Å². The van der Waals surface area contributed by atoms with Crippen LogP contribution in [0, 0.1) is 0 Å². The summed E-state index contributed by atoms with van der Waals surface area (Å²) in [5, 5.41) is 4.67. The molecule has 0 radical (unpaired) electrons. The number of nitrogens with zero attached hydrogens (tertiary/aromatic N) is 2. The normalized spacial score (nSPS) is 10.5. The minimum Gasteiger partial charge on any atom is -0.325 e. The van der Waals surface area contributed by atoms with E-state index in [1.165, 1.54) is 28.3 Å². The number of carbonyl (C=O) groups excluding carboxylic acids is 1. The molecular formula is C16H12BrN3O2S. The maximum absolute atomic E-state index is 12.1. The van der Waals surface area contributed by atoms with Gasteiger partial charge in [-0.15, -0.1) is 11.3 Å². The first-order valence-corrected chi connectivity index (χ1v) is 8.45. The lowest BCUT2D eigenvalue weighted by molar-refractivity contribution is -0.116. The Balaban J connectivity index is 1.71. The van der Waals surface area contributed by atoms with Crippen LogP contribution in [-0.2, 0) is 11.3 Å². The Kier molecular flexibility index (Phi) is 4.68. The molecule has 2 aromatic heterocycles. The van der Waals surface area contributed by atoms with Crippen LogP contribution in [0.5, 0.6) is 0 Å². The van der Waals surface area contributed by atoms with Crippen molar-refractivity contribution in [1.82, 2.24) is 9.55 Å². The highest BCUT2D eigenvalue weighted by atomic mass is 79.9. The summed E-state index contributed by atoms with van der Waals surface area (Å²) >= 11 is 4.85. The maximum atomic E-state index is 12.1. The topological polar surface area (TPSA) is 64.0 Å². The summed E-state index contributed by atoms with van der Waals surface area (Å²) in [4.78, 5) is 29.3. The smallest absolute Gasteiger partial charge is 0.254 e. The Morgan fingerprint density at radius 3 is 2.70 bits per heavy atom. The van der Waals surface area contributed by atoms with E-state index in [1.807, 2.05) is 29.6 Å². The SMILES string of the molecule is O=C(Cn1cnc(-c2cccs2)cc1=O)Nc1ccc(Br)cc1. The van der Waals surface area contributed by atoms with Crippen LogP contribution in [-0.4, -0.2) is 15.5 Å². The molecule has 3 aromatic rings. The third kappa shape index (κ3) is 3.94.